The second kappa shape index (κ2) is 5.29. The van der Waals surface area contributed by atoms with E-state index in [1.54, 1.807) is 0 Å². The lowest BCUT2D eigenvalue weighted by Gasteiger charge is -2.06. The van der Waals surface area contributed by atoms with Crippen LogP contribution in [0.15, 0.2) is 6.07 Å². The molecule has 5 nitrogen and oxygen atoms in total. The summed E-state index contributed by atoms with van der Waals surface area (Å²) in [5.41, 5.74) is 1.87. The highest BCUT2D eigenvalue weighted by Gasteiger charge is 1.98. The second-order valence-corrected chi connectivity index (χ2v) is 3.38. The molecule has 0 unspecified atom stereocenters. The van der Waals surface area contributed by atoms with Crippen LogP contribution in [0.4, 0.5) is 5.95 Å². The number of carbonyl (C=O) groups is 1. The standard InChI is InChI=1S/C10H16N4O/c1-7-6-8(2)14-10(13-7)12-5-4-11-9(3)15/h6H,4-5H2,1-3H3,(H,11,15)(H,12,13,14). The van der Waals surface area contributed by atoms with Gasteiger partial charge in [0.15, 0.2) is 0 Å². The fourth-order valence-electron chi connectivity index (χ4n) is 1.22. The molecule has 1 rings (SSSR count). The summed E-state index contributed by atoms with van der Waals surface area (Å²) >= 11 is 0. The molecule has 0 aliphatic rings. The van der Waals surface area contributed by atoms with E-state index in [1.807, 2.05) is 19.9 Å². The minimum absolute atomic E-state index is 0.0295. The highest BCUT2D eigenvalue weighted by atomic mass is 16.1. The van der Waals surface area contributed by atoms with Crippen LogP contribution in [-0.2, 0) is 4.79 Å². The van der Waals surface area contributed by atoms with Crippen LogP contribution in [0, 0.1) is 13.8 Å². The number of hydrogen-bond acceptors (Lipinski definition) is 4. The number of aryl methyl sites for hydroxylation is 2. The molecule has 2 N–H and O–H groups in total. The van der Waals surface area contributed by atoms with Crippen LogP contribution in [0.1, 0.15) is 18.3 Å². The topological polar surface area (TPSA) is 66.9 Å². The van der Waals surface area contributed by atoms with Crippen molar-refractivity contribution in [1.82, 2.24) is 15.3 Å². The summed E-state index contributed by atoms with van der Waals surface area (Å²) in [6.07, 6.45) is 0. The van der Waals surface area contributed by atoms with Gasteiger partial charge in [-0.05, 0) is 19.9 Å². The van der Waals surface area contributed by atoms with Crippen molar-refractivity contribution in [2.45, 2.75) is 20.8 Å². The molecule has 0 fully saturated rings. The number of carbonyl (C=O) groups excluding carboxylic acids is 1. The van der Waals surface area contributed by atoms with E-state index in [4.69, 9.17) is 0 Å². The lowest BCUT2D eigenvalue weighted by molar-refractivity contribution is -0.118. The Bertz CT molecular complexity index is 331. The Morgan fingerprint density at radius 3 is 2.40 bits per heavy atom. The highest BCUT2D eigenvalue weighted by molar-refractivity contribution is 5.72. The summed E-state index contributed by atoms with van der Waals surface area (Å²) in [7, 11) is 0. The van der Waals surface area contributed by atoms with Crippen LogP contribution >= 0.6 is 0 Å². The first-order valence-corrected chi connectivity index (χ1v) is 4.88. The van der Waals surface area contributed by atoms with Crippen LogP contribution in [0.25, 0.3) is 0 Å². The van der Waals surface area contributed by atoms with E-state index in [0.717, 1.165) is 11.4 Å². The van der Waals surface area contributed by atoms with E-state index in [2.05, 4.69) is 20.6 Å². The number of aromatic nitrogens is 2. The fraction of sp³-hybridized carbons (Fsp3) is 0.500. The zero-order valence-electron chi connectivity index (χ0n) is 9.29. The molecule has 0 aliphatic carbocycles. The molecular weight excluding hydrogens is 192 g/mol. The summed E-state index contributed by atoms with van der Waals surface area (Å²) in [5.74, 6) is 0.580. The third-order valence-corrected chi connectivity index (χ3v) is 1.76. The first kappa shape index (κ1) is 11.4. The fourth-order valence-corrected chi connectivity index (χ4v) is 1.22. The number of hydrogen-bond donors (Lipinski definition) is 2. The van der Waals surface area contributed by atoms with Gasteiger partial charge in [-0.1, -0.05) is 0 Å². The Kier molecular flexibility index (Phi) is 4.03. The van der Waals surface area contributed by atoms with Crippen molar-refractivity contribution in [3.05, 3.63) is 17.5 Å². The Morgan fingerprint density at radius 2 is 1.87 bits per heavy atom. The van der Waals surface area contributed by atoms with Gasteiger partial charge in [0.2, 0.25) is 11.9 Å². The van der Waals surface area contributed by atoms with Crippen LogP contribution in [-0.4, -0.2) is 29.0 Å². The average molecular weight is 208 g/mol. The SMILES string of the molecule is CC(=O)NCCNc1nc(C)cc(C)n1. The number of anilines is 1. The minimum Gasteiger partial charge on any atom is -0.355 e. The Morgan fingerprint density at radius 1 is 1.27 bits per heavy atom. The van der Waals surface area contributed by atoms with Gasteiger partial charge in [0.05, 0.1) is 0 Å². The number of nitrogens with one attached hydrogen (secondary N) is 2. The van der Waals surface area contributed by atoms with Crippen molar-refractivity contribution in [2.24, 2.45) is 0 Å². The Balaban J connectivity index is 2.40. The van der Waals surface area contributed by atoms with E-state index < -0.39 is 0 Å². The van der Waals surface area contributed by atoms with Crippen LogP contribution in [0.3, 0.4) is 0 Å². The molecule has 15 heavy (non-hydrogen) atoms. The number of rotatable bonds is 4. The molecule has 1 aromatic heterocycles. The third kappa shape index (κ3) is 4.39. The average Bonchev–Trinajstić information content (AvgIpc) is 2.10. The van der Waals surface area contributed by atoms with Gasteiger partial charge in [0.1, 0.15) is 0 Å². The highest BCUT2D eigenvalue weighted by Crippen LogP contribution is 2.02. The van der Waals surface area contributed by atoms with E-state index >= 15 is 0 Å². The predicted molar refractivity (Wildman–Crippen MR) is 58.7 cm³/mol. The molecule has 1 aromatic rings. The van der Waals surface area contributed by atoms with Gasteiger partial charge in [-0.2, -0.15) is 0 Å². The zero-order valence-corrected chi connectivity index (χ0v) is 9.29. The van der Waals surface area contributed by atoms with E-state index in [1.165, 1.54) is 6.92 Å². The largest absolute Gasteiger partial charge is 0.355 e. The first-order valence-electron chi connectivity index (χ1n) is 4.88. The predicted octanol–water partition coefficient (Wildman–Crippen LogP) is 0.641. The van der Waals surface area contributed by atoms with Crippen molar-refractivity contribution >= 4 is 11.9 Å². The third-order valence-electron chi connectivity index (χ3n) is 1.76. The number of nitrogens with zero attached hydrogens (tertiary/aromatic N) is 2. The molecule has 0 saturated heterocycles. The molecule has 82 valence electrons. The molecular formula is C10H16N4O. The summed E-state index contributed by atoms with van der Waals surface area (Å²) in [4.78, 5) is 19.0. The minimum atomic E-state index is -0.0295. The van der Waals surface area contributed by atoms with E-state index in [-0.39, 0.29) is 5.91 Å². The van der Waals surface area contributed by atoms with Crippen LogP contribution in [0.2, 0.25) is 0 Å². The first-order chi connectivity index (χ1) is 7.08. The van der Waals surface area contributed by atoms with Crippen LogP contribution in [0.5, 0.6) is 0 Å². The smallest absolute Gasteiger partial charge is 0.223 e. The quantitative estimate of drug-likeness (QED) is 0.713. The van der Waals surface area contributed by atoms with Gasteiger partial charge in [0, 0.05) is 31.4 Å². The van der Waals surface area contributed by atoms with Gasteiger partial charge in [0.25, 0.3) is 0 Å². The maximum atomic E-state index is 10.6. The Hall–Kier alpha value is -1.65. The zero-order chi connectivity index (χ0) is 11.3. The second-order valence-electron chi connectivity index (χ2n) is 3.38. The monoisotopic (exact) mass is 208 g/mol. The maximum absolute atomic E-state index is 10.6. The van der Waals surface area contributed by atoms with Crippen LogP contribution < -0.4 is 10.6 Å². The van der Waals surface area contributed by atoms with E-state index in [0.29, 0.717) is 19.0 Å². The molecule has 0 aliphatic heterocycles. The molecule has 0 aromatic carbocycles. The molecule has 0 bridgehead atoms. The van der Waals surface area contributed by atoms with Gasteiger partial charge >= 0.3 is 0 Å². The van der Waals surface area contributed by atoms with Crippen molar-refractivity contribution in [1.29, 1.82) is 0 Å². The summed E-state index contributed by atoms with van der Waals surface area (Å²) in [6, 6.07) is 1.92. The molecule has 5 heteroatoms. The van der Waals surface area contributed by atoms with Gasteiger partial charge in [-0.15, -0.1) is 0 Å². The van der Waals surface area contributed by atoms with Crippen molar-refractivity contribution < 1.29 is 4.79 Å². The van der Waals surface area contributed by atoms with Crippen molar-refractivity contribution in [3.63, 3.8) is 0 Å². The molecule has 0 radical (unpaired) electrons. The molecule has 0 atom stereocenters. The molecule has 0 spiro atoms. The molecule has 1 amide bonds. The number of amides is 1. The molecule has 1 heterocycles. The summed E-state index contributed by atoms with van der Waals surface area (Å²) < 4.78 is 0. The summed E-state index contributed by atoms with van der Waals surface area (Å²) in [5, 5.41) is 5.73. The van der Waals surface area contributed by atoms with Gasteiger partial charge in [-0.25, -0.2) is 9.97 Å². The van der Waals surface area contributed by atoms with E-state index in [9.17, 15) is 4.79 Å². The van der Waals surface area contributed by atoms with Gasteiger partial charge in [-0.3, -0.25) is 4.79 Å². The molecule has 0 saturated carbocycles. The van der Waals surface area contributed by atoms with Crippen molar-refractivity contribution in [2.75, 3.05) is 18.4 Å². The summed E-state index contributed by atoms with van der Waals surface area (Å²) in [6.45, 7) is 6.54. The van der Waals surface area contributed by atoms with Crippen molar-refractivity contribution in [3.8, 4) is 0 Å². The maximum Gasteiger partial charge on any atom is 0.223 e. The Labute approximate surface area is 89.3 Å². The lowest BCUT2D eigenvalue weighted by atomic mass is 10.4. The lowest BCUT2D eigenvalue weighted by Crippen LogP contribution is -2.26. The normalized spacial score (nSPS) is 9.80. The van der Waals surface area contributed by atoms with Gasteiger partial charge < -0.3 is 10.6 Å².